The lowest BCUT2D eigenvalue weighted by atomic mass is 10.2. The molecule has 0 heterocycles. The highest BCUT2D eigenvalue weighted by Gasteiger charge is 2.22. The molecular weight excluding hydrogens is 481 g/mol. The standard InChI is InChI=1S/C20H21Cl2N3O6S/c1-12(19(27)24-11-18(26)31-2)25-32(29,30)15-6-3-13(4-7-15)10-23-20(28)16-8-5-14(21)9-17(16)22/h3-9,12,25H,10-11H2,1-2H3,(H,23,28)(H,24,27)/t12-/m0/s1. The Labute approximate surface area is 195 Å². The van der Waals surface area contributed by atoms with Crippen LogP contribution in [0.3, 0.4) is 0 Å². The second-order valence-corrected chi connectivity index (χ2v) is 9.15. The number of benzene rings is 2. The zero-order chi connectivity index (χ0) is 23.9. The summed E-state index contributed by atoms with van der Waals surface area (Å²) in [7, 11) is -2.82. The van der Waals surface area contributed by atoms with Gasteiger partial charge in [0.25, 0.3) is 5.91 Å². The van der Waals surface area contributed by atoms with Crippen molar-refractivity contribution in [2.75, 3.05) is 13.7 Å². The predicted molar refractivity (Wildman–Crippen MR) is 119 cm³/mol. The molecule has 0 spiro atoms. The number of hydrogen-bond acceptors (Lipinski definition) is 6. The summed E-state index contributed by atoms with van der Waals surface area (Å²) in [5.41, 5.74) is 0.908. The van der Waals surface area contributed by atoms with Gasteiger partial charge >= 0.3 is 5.97 Å². The summed E-state index contributed by atoms with van der Waals surface area (Å²) in [5.74, 6) is -1.74. The van der Waals surface area contributed by atoms with E-state index in [9.17, 15) is 22.8 Å². The SMILES string of the molecule is COC(=O)CNC(=O)[C@H](C)NS(=O)(=O)c1ccc(CNC(=O)c2ccc(Cl)cc2Cl)cc1. The molecule has 2 aromatic carbocycles. The van der Waals surface area contributed by atoms with E-state index in [-0.39, 0.29) is 28.6 Å². The van der Waals surface area contributed by atoms with Crippen LogP contribution in [0, 0.1) is 0 Å². The van der Waals surface area contributed by atoms with Gasteiger partial charge in [0, 0.05) is 11.6 Å². The first-order valence-electron chi connectivity index (χ1n) is 9.22. The van der Waals surface area contributed by atoms with E-state index < -0.39 is 33.8 Å². The number of amides is 2. The predicted octanol–water partition coefficient (Wildman–Crippen LogP) is 1.88. The first-order chi connectivity index (χ1) is 15.0. The zero-order valence-corrected chi connectivity index (χ0v) is 19.5. The van der Waals surface area contributed by atoms with E-state index in [0.29, 0.717) is 10.6 Å². The molecule has 0 aliphatic carbocycles. The van der Waals surface area contributed by atoms with Crippen LogP contribution >= 0.6 is 23.2 Å². The van der Waals surface area contributed by atoms with Gasteiger partial charge in [-0.05, 0) is 42.8 Å². The number of carbonyl (C=O) groups excluding carboxylic acids is 3. The number of carbonyl (C=O) groups is 3. The molecule has 9 nitrogen and oxygen atoms in total. The number of sulfonamides is 1. The molecular formula is C20H21Cl2N3O6S. The van der Waals surface area contributed by atoms with Crippen LogP contribution in [-0.4, -0.2) is 45.9 Å². The second kappa shape index (κ2) is 11.3. The molecule has 0 aliphatic heterocycles. The van der Waals surface area contributed by atoms with Crippen LogP contribution in [0.2, 0.25) is 10.0 Å². The average molecular weight is 502 g/mol. The number of methoxy groups -OCH3 is 1. The van der Waals surface area contributed by atoms with Gasteiger partial charge in [-0.3, -0.25) is 14.4 Å². The Kier molecular flexibility index (Phi) is 9.02. The molecule has 32 heavy (non-hydrogen) atoms. The molecule has 0 saturated heterocycles. The Balaban J connectivity index is 1.96. The average Bonchev–Trinajstić information content (AvgIpc) is 2.75. The van der Waals surface area contributed by atoms with E-state index in [2.05, 4.69) is 20.1 Å². The Bertz CT molecular complexity index is 1110. The normalized spacial score (nSPS) is 12.0. The summed E-state index contributed by atoms with van der Waals surface area (Å²) in [4.78, 5) is 35.2. The van der Waals surface area contributed by atoms with Gasteiger partial charge in [0.15, 0.2) is 0 Å². The molecule has 0 bridgehead atoms. The van der Waals surface area contributed by atoms with Crippen LogP contribution in [-0.2, 0) is 30.9 Å². The smallest absolute Gasteiger partial charge is 0.325 e. The molecule has 2 rings (SSSR count). The number of hydrogen-bond donors (Lipinski definition) is 3. The van der Waals surface area contributed by atoms with Crippen molar-refractivity contribution in [1.29, 1.82) is 0 Å². The molecule has 0 saturated carbocycles. The number of rotatable bonds is 9. The number of nitrogens with one attached hydrogen (secondary N) is 3. The summed E-state index contributed by atoms with van der Waals surface area (Å²) in [6, 6.07) is 9.14. The van der Waals surface area contributed by atoms with Crippen LogP contribution in [0.5, 0.6) is 0 Å². The fraction of sp³-hybridized carbons (Fsp3) is 0.250. The molecule has 172 valence electrons. The van der Waals surface area contributed by atoms with E-state index >= 15 is 0 Å². The topological polar surface area (TPSA) is 131 Å². The van der Waals surface area contributed by atoms with E-state index in [1.807, 2.05) is 0 Å². The van der Waals surface area contributed by atoms with Crippen molar-refractivity contribution < 1.29 is 27.5 Å². The Hall–Kier alpha value is -2.66. The lowest BCUT2D eigenvalue weighted by molar-refractivity contribution is -0.141. The van der Waals surface area contributed by atoms with E-state index in [1.165, 1.54) is 50.4 Å². The molecule has 0 unspecified atom stereocenters. The molecule has 0 aromatic heterocycles. The second-order valence-electron chi connectivity index (χ2n) is 6.59. The van der Waals surface area contributed by atoms with Gasteiger partial charge in [-0.25, -0.2) is 8.42 Å². The van der Waals surface area contributed by atoms with Crippen LogP contribution < -0.4 is 15.4 Å². The lowest BCUT2D eigenvalue weighted by Crippen LogP contribution is -2.46. The summed E-state index contributed by atoms with van der Waals surface area (Å²) in [6.07, 6.45) is 0. The summed E-state index contributed by atoms with van der Waals surface area (Å²) in [6.45, 7) is 1.11. The summed E-state index contributed by atoms with van der Waals surface area (Å²) < 4.78 is 31.6. The van der Waals surface area contributed by atoms with Gasteiger partial charge in [0.2, 0.25) is 15.9 Å². The van der Waals surface area contributed by atoms with Gasteiger partial charge < -0.3 is 15.4 Å². The maximum Gasteiger partial charge on any atom is 0.325 e. The maximum absolute atomic E-state index is 12.5. The van der Waals surface area contributed by atoms with Gasteiger partial charge in [0.1, 0.15) is 6.54 Å². The van der Waals surface area contributed by atoms with Crippen molar-refractivity contribution in [2.24, 2.45) is 0 Å². The van der Waals surface area contributed by atoms with E-state index in [0.717, 1.165) is 0 Å². The van der Waals surface area contributed by atoms with E-state index in [4.69, 9.17) is 23.2 Å². The molecule has 12 heteroatoms. The Morgan fingerprint density at radius 1 is 1.03 bits per heavy atom. The van der Waals surface area contributed by atoms with Crippen molar-refractivity contribution in [1.82, 2.24) is 15.4 Å². The molecule has 2 amide bonds. The lowest BCUT2D eigenvalue weighted by Gasteiger charge is -2.14. The molecule has 0 aliphatic rings. The van der Waals surface area contributed by atoms with Crippen LogP contribution in [0.4, 0.5) is 0 Å². The fourth-order valence-electron chi connectivity index (χ4n) is 2.48. The molecule has 3 N–H and O–H groups in total. The number of halogens is 2. The minimum absolute atomic E-state index is 0.0686. The third kappa shape index (κ3) is 7.20. The fourth-order valence-corrected chi connectivity index (χ4v) is 4.17. The minimum atomic E-state index is -3.99. The third-order valence-electron chi connectivity index (χ3n) is 4.22. The monoisotopic (exact) mass is 501 g/mol. The van der Waals surface area contributed by atoms with Gasteiger partial charge in [-0.15, -0.1) is 0 Å². The summed E-state index contributed by atoms with van der Waals surface area (Å²) >= 11 is 11.8. The van der Waals surface area contributed by atoms with Gasteiger partial charge in [-0.2, -0.15) is 4.72 Å². The first kappa shape index (κ1) is 25.6. The quantitative estimate of drug-likeness (QED) is 0.449. The van der Waals surface area contributed by atoms with Crippen molar-refractivity contribution in [3.05, 3.63) is 63.6 Å². The van der Waals surface area contributed by atoms with Crippen LogP contribution in [0.15, 0.2) is 47.4 Å². The van der Waals surface area contributed by atoms with Crippen LogP contribution in [0.25, 0.3) is 0 Å². The minimum Gasteiger partial charge on any atom is -0.468 e. The van der Waals surface area contributed by atoms with Crippen molar-refractivity contribution in [2.45, 2.75) is 24.4 Å². The van der Waals surface area contributed by atoms with Gasteiger partial charge in [0.05, 0.1) is 28.6 Å². The molecule has 2 aromatic rings. The number of esters is 1. The number of ether oxygens (including phenoxy) is 1. The largest absolute Gasteiger partial charge is 0.468 e. The van der Waals surface area contributed by atoms with Gasteiger partial charge in [-0.1, -0.05) is 35.3 Å². The summed E-state index contributed by atoms with van der Waals surface area (Å²) in [5, 5.41) is 5.58. The highest BCUT2D eigenvalue weighted by molar-refractivity contribution is 7.89. The Morgan fingerprint density at radius 2 is 1.69 bits per heavy atom. The molecule has 0 fully saturated rings. The Morgan fingerprint density at radius 3 is 2.28 bits per heavy atom. The zero-order valence-electron chi connectivity index (χ0n) is 17.1. The molecule has 1 atom stereocenters. The van der Waals surface area contributed by atoms with Crippen molar-refractivity contribution in [3.63, 3.8) is 0 Å². The first-order valence-corrected chi connectivity index (χ1v) is 11.5. The highest BCUT2D eigenvalue weighted by atomic mass is 35.5. The van der Waals surface area contributed by atoms with Crippen molar-refractivity contribution >= 4 is 51.0 Å². The highest BCUT2D eigenvalue weighted by Crippen LogP contribution is 2.21. The maximum atomic E-state index is 12.5. The van der Waals surface area contributed by atoms with Crippen LogP contribution in [0.1, 0.15) is 22.8 Å². The van der Waals surface area contributed by atoms with E-state index in [1.54, 1.807) is 6.07 Å². The third-order valence-corrected chi connectivity index (χ3v) is 6.33. The molecule has 0 radical (unpaired) electrons. The van der Waals surface area contributed by atoms with Crippen molar-refractivity contribution in [3.8, 4) is 0 Å².